The van der Waals surface area contributed by atoms with Gasteiger partial charge in [0.25, 0.3) is 0 Å². The topological polar surface area (TPSA) is 29.5 Å². The van der Waals surface area contributed by atoms with E-state index in [-0.39, 0.29) is 5.97 Å². The molecule has 1 fully saturated rings. The zero-order chi connectivity index (χ0) is 14.6. The van der Waals surface area contributed by atoms with Gasteiger partial charge in [-0.2, -0.15) is 0 Å². The number of piperidine rings is 1. The fourth-order valence-corrected chi connectivity index (χ4v) is 2.88. The minimum atomic E-state index is -0.431. The van der Waals surface area contributed by atoms with Gasteiger partial charge in [-0.1, -0.05) is 37.3 Å². The first-order valence-corrected chi connectivity index (χ1v) is 7.59. The molecule has 0 radical (unpaired) electrons. The number of rotatable bonds is 4. The van der Waals surface area contributed by atoms with Crippen LogP contribution >= 0.6 is 0 Å². The lowest BCUT2D eigenvalue weighted by molar-refractivity contribution is -0.167. The summed E-state index contributed by atoms with van der Waals surface area (Å²) in [6.45, 7) is 8.23. The Morgan fingerprint density at radius 1 is 1.25 bits per heavy atom. The predicted molar refractivity (Wildman–Crippen MR) is 80.4 cm³/mol. The zero-order valence-electron chi connectivity index (χ0n) is 12.8. The summed E-state index contributed by atoms with van der Waals surface area (Å²) in [5.41, 5.74) is 0.699. The number of ether oxygens (including phenoxy) is 1. The molecular formula is C17H25NO2. The fraction of sp³-hybridized carbons (Fsp3) is 0.588. The quantitative estimate of drug-likeness (QED) is 0.789. The molecule has 0 unspecified atom stereocenters. The molecule has 1 saturated heterocycles. The summed E-state index contributed by atoms with van der Waals surface area (Å²) in [6.07, 6.45) is 2.18. The van der Waals surface area contributed by atoms with E-state index in [0.717, 1.165) is 31.5 Å². The normalized spacial score (nSPS) is 19.0. The Hall–Kier alpha value is -1.35. The first-order chi connectivity index (χ1) is 9.57. The van der Waals surface area contributed by atoms with Gasteiger partial charge < -0.3 is 9.64 Å². The zero-order valence-corrected chi connectivity index (χ0v) is 12.8. The summed E-state index contributed by atoms with van der Waals surface area (Å²) < 4.78 is 5.88. The van der Waals surface area contributed by atoms with Gasteiger partial charge in [-0.3, -0.25) is 4.79 Å². The van der Waals surface area contributed by atoms with Crippen LogP contribution in [0.25, 0.3) is 0 Å². The van der Waals surface area contributed by atoms with E-state index < -0.39 is 5.60 Å². The molecule has 0 aromatic heterocycles. The number of benzene rings is 1. The van der Waals surface area contributed by atoms with Crippen molar-refractivity contribution in [1.82, 2.24) is 4.90 Å². The van der Waals surface area contributed by atoms with E-state index in [9.17, 15) is 4.79 Å². The smallest absolute Gasteiger partial charge is 0.306 e. The third-order valence-electron chi connectivity index (χ3n) is 4.23. The molecule has 1 heterocycles. The van der Waals surface area contributed by atoms with E-state index in [0.29, 0.717) is 12.5 Å². The van der Waals surface area contributed by atoms with Crippen LogP contribution in [0.1, 0.15) is 45.6 Å². The molecule has 1 aromatic rings. The number of likely N-dealkylation sites (tertiary alicyclic amines) is 1. The first kappa shape index (κ1) is 15.0. The number of nitrogens with zero attached hydrogens (tertiary/aromatic N) is 1. The number of hydrogen-bond donors (Lipinski definition) is 0. The molecule has 0 aliphatic carbocycles. The molecule has 3 heteroatoms. The van der Waals surface area contributed by atoms with Gasteiger partial charge in [0.15, 0.2) is 0 Å². The Kier molecular flexibility index (Phi) is 4.81. The van der Waals surface area contributed by atoms with Crippen LogP contribution < -0.4 is 0 Å². The van der Waals surface area contributed by atoms with Crippen molar-refractivity contribution in [3.63, 3.8) is 0 Å². The average Bonchev–Trinajstić information content (AvgIpc) is 2.48. The maximum absolute atomic E-state index is 11.8. The van der Waals surface area contributed by atoms with E-state index in [2.05, 4.69) is 30.9 Å². The monoisotopic (exact) mass is 275 g/mol. The van der Waals surface area contributed by atoms with Crippen molar-refractivity contribution in [2.45, 2.75) is 51.7 Å². The second-order valence-electron chi connectivity index (χ2n) is 5.82. The summed E-state index contributed by atoms with van der Waals surface area (Å²) in [5.74, 6) is -0.105. The van der Waals surface area contributed by atoms with Gasteiger partial charge in [-0.15, -0.1) is 0 Å². The average molecular weight is 275 g/mol. The largest absolute Gasteiger partial charge is 0.454 e. The lowest BCUT2D eigenvalue weighted by atomic mass is 9.83. The van der Waals surface area contributed by atoms with Gasteiger partial charge in [0.05, 0.1) is 0 Å². The van der Waals surface area contributed by atoms with E-state index in [1.54, 1.807) is 0 Å². The van der Waals surface area contributed by atoms with Gasteiger partial charge >= 0.3 is 5.97 Å². The van der Waals surface area contributed by atoms with E-state index >= 15 is 0 Å². The molecule has 0 spiro atoms. The van der Waals surface area contributed by atoms with Crippen LogP contribution in [0.2, 0.25) is 0 Å². The highest BCUT2D eigenvalue weighted by molar-refractivity contribution is 5.69. The van der Waals surface area contributed by atoms with Gasteiger partial charge in [0, 0.05) is 38.4 Å². The van der Waals surface area contributed by atoms with Crippen LogP contribution in [0.4, 0.5) is 0 Å². The summed E-state index contributed by atoms with van der Waals surface area (Å²) in [6, 6.07) is 10.7. The SMILES string of the molecule is CCC(=O)OC1(c2ccccc2)CCN(C(C)C)CC1. The third kappa shape index (κ3) is 3.21. The maximum atomic E-state index is 11.8. The molecule has 1 aromatic carbocycles. The Morgan fingerprint density at radius 3 is 2.35 bits per heavy atom. The summed E-state index contributed by atoms with van der Waals surface area (Å²) in [7, 11) is 0. The highest BCUT2D eigenvalue weighted by Crippen LogP contribution is 2.37. The van der Waals surface area contributed by atoms with Crippen LogP contribution in [-0.4, -0.2) is 30.0 Å². The van der Waals surface area contributed by atoms with Crippen molar-refractivity contribution in [2.75, 3.05) is 13.1 Å². The second kappa shape index (κ2) is 6.40. The molecule has 1 aliphatic rings. The van der Waals surface area contributed by atoms with Gasteiger partial charge in [0.2, 0.25) is 0 Å². The molecule has 0 saturated carbocycles. The van der Waals surface area contributed by atoms with Crippen molar-refractivity contribution >= 4 is 5.97 Å². The van der Waals surface area contributed by atoms with Crippen LogP contribution in [0.3, 0.4) is 0 Å². The number of hydrogen-bond acceptors (Lipinski definition) is 3. The van der Waals surface area contributed by atoms with Gasteiger partial charge in [0.1, 0.15) is 5.60 Å². The van der Waals surface area contributed by atoms with Crippen molar-refractivity contribution < 1.29 is 9.53 Å². The maximum Gasteiger partial charge on any atom is 0.306 e. The van der Waals surface area contributed by atoms with Crippen LogP contribution in [0.15, 0.2) is 30.3 Å². The van der Waals surface area contributed by atoms with Crippen LogP contribution in [0.5, 0.6) is 0 Å². The predicted octanol–water partition coefficient (Wildman–Crippen LogP) is 3.34. The molecular weight excluding hydrogens is 250 g/mol. The summed E-state index contributed by atoms with van der Waals surface area (Å²) >= 11 is 0. The van der Waals surface area contributed by atoms with Crippen LogP contribution in [-0.2, 0) is 15.1 Å². The molecule has 0 amide bonds. The van der Waals surface area contributed by atoms with Crippen LogP contribution in [0, 0.1) is 0 Å². The molecule has 20 heavy (non-hydrogen) atoms. The number of carbonyl (C=O) groups excluding carboxylic acids is 1. The molecule has 0 N–H and O–H groups in total. The minimum Gasteiger partial charge on any atom is -0.454 e. The van der Waals surface area contributed by atoms with E-state index in [1.165, 1.54) is 0 Å². The van der Waals surface area contributed by atoms with Crippen molar-refractivity contribution in [3.05, 3.63) is 35.9 Å². The Morgan fingerprint density at radius 2 is 1.85 bits per heavy atom. The number of esters is 1. The molecule has 2 rings (SSSR count). The molecule has 0 bridgehead atoms. The van der Waals surface area contributed by atoms with Crippen molar-refractivity contribution in [1.29, 1.82) is 0 Å². The summed E-state index contributed by atoms with van der Waals surface area (Å²) in [4.78, 5) is 14.3. The summed E-state index contributed by atoms with van der Waals surface area (Å²) in [5, 5.41) is 0. The highest BCUT2D eigenvalue weighted by atomic mass is 16.6. The highest BCUT2D eigenvalue weighted by Gasteiger charge is 2.39. The minimum absolute atomic E-state index is 0.105. The Bertz CT molecular complexity index is 434. The molecule has 0 atom stereocenters. The van der Waals surface area contributed by atoms with Gasteiger partial charge in [-0.25, -0.2) is 0 Å². The second-order valence-corrected chi connectivity index (χ2v) is 5.82. The molecule has 3 nitrogen and oxygen atoms in total. The lowest BCUT2D eigenvalue weighted by Crippen LogP contribution is -2.47. The lowest BCUT2D eigenvalue weighted by Gasteiger charge is -2.43. The standard InChI is InChI=1S/C17H25NO2/c1-4-16(19)20-17(15-8-6-5-7-9-15)10-12-18(13-11-17)14(2)3/h5-9,14H,4,10-13H2,1-3H3. The Labute approximate surface area is 121 Å². The fourth-order valence-electron chi connectivity index (χ4n) is 2.88. The first-order valence-electron chi connectivity index (χ1n) is 7.59. The van der Waals surface area contributed by atoms with Crippen molar-refractivity contribution in [3.8, 4) is 0 Å². The van der Waals surface area contributed by atoms with Gasteiger partial charge in [-0.05, 0) is 19.4 Å². The van der Waals surface area contributed by atoms with Crippen molar-refractivity contribution in [2.24, 2.45) is 0 Å². The molecule has 110 valence electrons. The third-order valence-corrected chi connectivity index (χ3v) is 4.23. The van der Waals surface area contributed by atoms with E-state index in [1.807, 2.05) is 25.1 Å². The molecule has 1 aliphatic heterocycles. The van der Waals surface area contributed by atoms with E-state index in [4.69, 9.17) is 4.74 Å². The Balaban J connectivity index is 2.21. The number of carbonyl (C=O) groups is 1.